The SMILES string of the molecule is Cc1ccc(COCc2nn(C)c3c2CN(C(=O)NCc2ccco2)CC3)cc1. The fourth-order valence-corrected chi connectivity index (χ4v) is 3.60. The molecular weight excluding hydrogens is 368 g/mol. The quantitative estimate of drug-likeness (QED) is 0.696. The summed E-state index contributed by atoms with van der Waals surface area (Å²) in [7, 11) is 1.95. The Balaban J connectivity index is 1.36. The zero-order chi connectivity index (χ0) is 20.2. The van der Waals surface area contributed by atoms with E-state index in [1.807, 2.05) is 28.8 Å². The number of nitrogens with one attached hydrogen (secondary N) is 1. The van der Waals surface area contributed by atoms with E-state index in [1.54, 1.807) is 6.26 Å². The highest BCUT2D eigenvalue weighted by molar-refractivity contribution is 5.74. The highest BCUT2D eigenvalue weighted by Crippen LogP contribution is 2.23. The Kier molecular flexibility index (Phi) is 5.67. The number of fused-ring (bicyclic) bond motifs is 1. The van der Waals surface area contributed by atoms with Crippen molar-refractivity contribution < 1.29 is 13.9 Å². The van der Waals surface area contributed by atoms with Crippen molar-refractivity contribution in [3.05, 3.63) is 76.5 Å². The highest BCUT2D eigenvalue weighted by Gasteiger charge is 2.26. The summed E-state index contributed by atoms with van der Waals surface area (Å²) in [5, 5.41) is 7.55. The maximum absolute atomic E-state index is 12.6. The van der Waals surface area contributed by atoms with Gasteiger partial charge in [0.25, 0.3) is 0 Å². The van der Waals surface area contributed by atoms with Crippen LogP contribution >= 0.6 is 0 Å². The lowest BCUT2D eigenvalue weighted by Crippen LogP contribution is -2.42. The van der Waals surface area contributed by atoms with Crippen LogP contribution in [0.15, 0.2) is 47.1 Å². The number of aromatic nitrogens is 2. The van der Waals surface area contributed by atoms with Crippen molar-refractivity contribution in [3.8, 4) is 0 Å². The average Bonchev–Trinajstić information content (AvgIpc) is 3.36. The number of benzene rings is 1. The van der Waals surface area contributed by atoms with Gasteiger partial charge in [0.2, 0.25) is 0 Å². The standard InChI is InChI=1S/C22H26N4O3/c1-16-5-7-17(8-6-16)14-28-15-20-19-13-26(10-9-21(19)25(2)24-20)22(27)23-12-18-4-3-11-29-18/h3-8,11H,9-10,12-15H2,1-2H3,(H,23,27). The van der Waals surface area contributed by atoms with Gasteiger partial charge >= 0.3 is 6.03 Å². The monoisotopic (exact) mass is 394 g/mol. The minimum absolute atomic E-state index is 0.0950. The van der Waals surface area contributed by atoms with Gasteiger partial charge in [-0.05, 0) is 24.6 Å². The third-order valence-corrected chi connectivity index (χ3v) is 5.23. The first kappa shape index (κ1) is 19.3. The van der Waals surface area contributed by atoms with E-state index in [9.17, 15) is 4.79 Å². The van der Waals surface area contributed by atoms with Gasteiger partial charge in [0, 0.05) is 31.3 Å². The number of nitrogens with zero attached hydrogens (tertiary/aromatic N) is 3. The van der Waals surface area contributed by atoms with Crippen LogP contribution in [0.1, 0.15) is 33.8 Å². The number of hydrogen-bond acceptors (Lipinski definition) is 4. The van der Waals surface area contributed by atoms with E-state index >= 15 is 0 Å². The summed E-state index contributed by atoms with van der Waals surface area (Å²) in [4.78, 5) is 14.4. The molecule has 0 saturated carbocycles. The molecule has 0 radical (unpaired) electrons. The van der Waals surface area contributed by atoms with E-state index in [2.05, 4.69) is 41.6 Å². The smallest absolute Gasteiger partial charge is 0.318 e. The number of ether oxygens (including phenoxy) is 1. The number of rotatable bonds is 6. The lowest BCUT2D eigenvalue weighted by atomic mass is 10.1. The van der Waals surface area contributed by atoms with Crippen LogP contribution in [0, 0.1) is 6.92 Å². The van der Waals surface area contributed by atoms with E-state index in [0.717, 1.165) is 29.0 Å². The van der Waals surface area contributed by atoms with Crippen molar-refractivity contribution >= 4 is 6.03 Å². The summed E-state index contributed by atoms with van der Waals surface area (Å²) in [6.45, 7) is 4.63. The molecule has 3 heterocycles. The molecule has 3 aromatic rings. The first-order chi connectivity index (χ1) is 14.1. The molecule has 0 atom stereocenters. The van der Waals surface area contributed by atoms with Gasteiger partial charge in [-0.25, -0.2) is 4.79 Å². The van der Waals surface area contributed by atoms with Crippen LogP contribution in [0.5, 0.6) is 0 Å². The van der Waals surface area contributed by atoms with Gasteiger partial charge in [-0.2, -0.15) is 5.10 Å². The van der Waals surface area contributed by atoms with E-state index < -0.39 is 0 Å². The zero-order valence-corrected chi connectivity index (χ0v) is 16.9. The van der Waals surface area contributed by atoms with E-state index in [1.165, 1.54) is 11.3 Å². The third-order valence-electron chi connectivity index (χ3n) is 5.23. The summed E-state index contributed by atoms with van der Waals surface area (Å²) < 4.78 is 13.1. The number of amides is 2. The topological polar surface area (TPSA) is 72.5 Å². The molecule has 0 saturated heterocycles. The molecule has 1 aliphatic rings. The van der Waals surface area contributed by atoms with Crippen molar-refractivity contribution in [1.29, 1.82) is 0 Å². The molecule has 0 unspecified atom stereocenters. The Labute approximate surface area is 170 Å². The Morgan fingerprint density at radius 3 is 2.83 bits per heavy atom. The summed E-state index contributed by atoms with van der Waals surface area (Å²) >= 11 is 0. The molecule has 1 aromatic carbocycles. The maximum atomic E-state index is 12.6. The number of aryl methyl sites for hydroxylation is 2. The van der Waals surface area contributed by atoms with Gasteiger partial charge in [-0.1, -0.05) is 29.8 Å². The largest absolute Gasteiger partial charge is 0.467 e. The number of carbonyl (C=O) groups excluding carboxylic acids is 1. The van der Waals surface area contributed by atoms with Crippen molar-refractivity contribution in [1.82, 2.24) is 20.0 Å². The minimum Gasteiger partial charge on any atom is -0.467 e. The Morgan fingerprint density at radius 1 is 1.24 bits per heavy atom. The molecule has 0 fully saturated rings. The van der Waals surface area contributed by atoms with Gasteiger partial charge in [-0.3, -0.25) is 4.68 Å². The molecule has 2 aromatic heterocycles. The summed E-state index contributed by atoms with van der Waals surface area (Å²) in [6, 6.07) is 11.9. The van der Waals surface area contributed by atoms with E-state index in [0.29, 0.717) is 32.8 Å². The molecule has 29 heavy (non-hydrogen) atoms. The van der Waals surface area contributed by atoms with Crippen LogP contribution in [0.25, 0.3) is 0 Å². The highest BCUT2D eigenvalue weighted by atomic mass is 16.5. The van der Waals surface area contributed by atoms with Gasteiger partial charge < -0.3 is 19.4 Å². The minimum atomic E-state index is -0.0950. The van der Waals surface area contributed by atoms with Gasteiger partial charge in [0.15, 0.2) is 0 Å². The van der Waals surface area contributed by atoms with Gasteiger partial charge in [-0.15, -0.1) is 0 Å². The molecule has 4 rings (SSSR count). The lowest BCUT2D eigenvalue weighted by molar-refractivity contribution is 0.103. The third kappa shape index (κ3) is 4.51. The van der Waals surface area contributed by atoms with Crippen molar-refractivity contribution in [2.45, 2.75) is 39.6 Å². The fraction of sp³-hybridized carbons (Fsp3) is 0.364. The van der Waals surface area contributed by atoms with Crippen molar-refractivity contribution in [3.63, 3.8) is 0 Å². The molecule has 1 aliphatic heterocycles. The average molecular weight is 394 g/mol. The molecule has 0 bridgehead atoms. The molecule has 0 spiro atoms. The Bertz CT molecular complexity index is 961. The number of urea groups is 1. The Morgan fingerprint density at radius 2 is 2.07 bits per heavy atom. The predicted octanol–water partition coefficient (Wildman–Crippen LogP) is 3.31. The number of furan rings is 1. The van der Waals surface area contributed by atoms with Crippen molar-refractivity contribution in [2.75, 3.05) is 6.54 Å². The second kappa shape index (κ2) is 8.53. The summed E-state index contributed by atoms with van der Waals surface area (Å²) in [6.07, 6.45) is 2.39. The van der Waals surface area contributed by atoms with Crippen LogP contribution in [-0.2, 0) is 44.5 Å². The summed E-state index contributed by atoms with van der Waals surface area (Å²) in [5.74, 6) is 0.739. The zero-order valence-electron chi connectivity index (χ0n) is 16.9. The van der Waals surface area contributed by atoms with Crippen molar-refractivity contribution in [2.24, 2.45) is 7.05 Å². The van der Waals surface area contributed by atoms with Crippen LogP contribution in [0.3, 0.4) is 0 Å². The predicted molar refractivity (Wildman–Crippen MR) is 108 cm³/mol. The molecule has 2 amide bonds. The number of carbonyl (C=O) groups is 1. The lowest BCUT2D eigenvalue weighted by Gasteiger charge is -2.27. The molecule has 0 aliphatic carbocycles. The molecule has 152 valence electrons. The van der Waals surface area contributed by atoms with Crippen LogP contribution < -0.4 is 5.32 Å². The van der Waals surface area contributed by atoms with Gasteiger partial charge in [0.1, 0.15) is 5.76 Å². The van der Waals surface area contributed by atoms with E-state index in [4.69, 9.17) is 9.15 Å². The molecule has 7 heteroatoms. The molecule has 1 N–H and O–H groups in total. The van der Waals surface area contributed by atoms with E-state index in [-0.39, 0.29) is 6.03 Å². The maximum Gasteiger partial charge on any atom is 0.318 e. The second-order valence-corrected chi connectivity index (χ2v) is 7.38. The number of hydrogen-bond donors (Lipinski definition) is 1. The summed E-state index contributed by atoms with van der Waals surface area (Å²) in [5.41, 5.74) is 5.54. The molecular formula is C22H26N4O3. The van der Waals surface area contributed by atoms with Crippen LogP contribution in [0.4, 0.5) is 4.79 Å². The first-order valence-electron chi connectivity index (χ1n) is 9.82. The Hall–Kier alpha value is -3.06. The van der Waals surface area contributed by atoms with Crippen LogP contribution in [-0.4, -0.2) is 27.3 Å². The van der Waals surface area contributed by atoms with Gasteiger partial charge in [0.05, 0.1) is 38.3 Å². The first-order valence-corrected chi connectivity index (χ1v) is 9.82. The van der Waals surface area contributed by atoms with Crippen LogP contribution in [0.2, 0.25) is 0 Å². The molecule has 7 nitrogen and oxygen atoms in total. The fourth-order valence-electron chi connectivity index (χ4n) is 3.60. The second-order valence-electron chi connectivity index (χ2n) is 7.38. The normalized spacial score (nSPS) is 13.4.